The number of halogens is 1. The molecule has 0 saturated carbocycles. The van der Waals surface area contributed by atoms with Crippen LogP contribution in [0.3, 0.4) is 0 Å². The highest BCUT2D eigenvalue weighted by atomic mass is 35.5. The molecule has 6 heteroatoms. The number of hydrogen-bond acceptors (Lipinski definition) is 3. The molecule has 0 aliphatic rings. The second-order valence-electron chi connectivity index (χ2n) is 6.41. The van der Waals surface area contributed by atoms with Gasteiger partial charge in [0.25, 0.3) is 11.8 Å². The zero-order valence-electron chi connectivity index (χ0n) is 15.6. The van der Waals surface area contributed by atoms with Gasteiger partial charge in [-0.15, -0.1) is 0 Å². The van der Waals surface area contributed by atoms with Crippen LogP contribution in [0.4, 0.5) is 0 Å². The molecule has 0 aliphatic carbocycles. The Hall–Kier alpha value is -2.79. The van der Waals surface area contributed by atoms with Crippen LogP contribution in [0.1, 0.15) is 36.5 Å². The van der Waals surface area contributed by atoms with E-state index in [1.54, 1.807) is 30.3 Å². The van der Waals surface area contributed by atoms with Crippen LogP contribution in [0, 0.1) is 6.92 Å². The molecular weight excluding hydrogens is 364 g/mol. The Morgan fingerprint density at radius 1 is 1.11 bits per heavy atom. The summed E-state index contributed by atoms with van der Waals surface area (Å²) in [6, 6.07) is 12.9. The lowest BCUT2D eigenvalue weighted by molar-refractivity contribution is -0.128. The lowest BCUT2D eigenvalue weighted by atomic mass is 10.0. The number of amides is 2. The molecule has 0 saturated heterocycles. The van der Waals surface area contributed by atoms with E-state index in [9.17, 15) is 9.59 Å². The van der Waals surface area contributed by atoms with E-state index < -0.39 is 11.8 Å². The molecule has 0 bridgehead atoms. The molecule has 0 spiro atoms. The average Bonchev–Trinajstić information content (AvgIpc) is 2.64. The molecule has 2 amide bonds. The third kappa shape index (κ3) is 6.79. The molecule has 5 nitrogen and oxygen atoms in total. The Labute approximate surface area is 164 Å². The van der Waals surface area contributed by atoms with Crippen molar-refractivity contribution >= 4 is 29.5 Å². The van der Waals surface area contributed by atoms with Crippen LogP contribution in [0.15, 0.2) is 48.5 Å². The summed E-state index contributed by atoms with van der Waals surface area (Å²) in [7, 11) is 0. The maximum Gasteiger partial charge on any atom is 0.276 e. The normalized spacial score (nSPS) is 10.9. The molecule has 2 rings (SSSR count). The monoisotopic (exact) mass is 386 g/mol. The summed E-state index contributed by atoms with van der Waals surface area (Å²) in [5.41, 5.74) is 7.55. The molecular formula is C21H23ClN2O3. The van der Waals surface area contributed by atoms with Crippen LogP contribution >= 0.6 is 11.6 Å². The topological polar surface area (TPSA) is 67.4 Å². The highest BCUT2D eigenvalue weighted by Crippen LogP contribution is 2.27. The first kappa shape index (κ1) is 20.5. The first-order chi connectivity index (χ1) is 12.8. The van der Waals surface area contributed by atoms with Crippen LogP contribution in [0.2, 0.25) is 5.02 Å². The minimum atomic E-state index is -0.447. The summed E-state index contributed by atoms with van der Waals surface area (Å²) < 4.78 is 5.62. The summed E-state index contributed by atoms with van der Waals surface area (Å²) in [4.78, 5) is 23.7. The van der Waals surface area contributed by atoms with Gasteiger partial charge in [0.15, 0.2) is 6.61 Å². The SMILES string of the molecule is Cc1ccc(C(C)C)c(OCC(=O)NNC(=O)/C=C/c2ccc(Cl)cc2)c1. The number of hydrazine groups is 1. The van der Waals surface area contributed by atoms with Gasteiger partial charge in [-0.05, 0) is 53.8 Å². The minimum absolute atomic E-state index is 0.190. The summed E-state index contributed by atoms with van der Waals surface area (Å²) in [6.07, 6.45) is 2.94. The molecule has 0 heterocycles. The molecule has 0 fully saturated rings. The third-order valence-electron chi connectivity index (χ3n) is 3.77. The Morgan fingerprint density at radius 3 is 2.48 bits per heavy atom. The summed E-state index contributed by atoms with van der Waals surface area (Å²) >= 11 is 5.81. The van der Waals surface area contributed by atoms with Crippen molar-refractivity contribution in [2.45, 2.75) is 26.7 Å². The molecule has 0 unspecified atom stereocenters. The van der Waals surface area contributed by atoms with Gasteiger partial charge < -0.3 is 4.74 Å². The Kier molecular flexibility index (Phi) is 7.44. The fraction of sp³-hybridized carbons (Fsp3) is 0.238. The van der Waals surface area contributed by atoms with E-state index in [0.717, 1.165) is 16.7 Å². The summed E-state index contributed by atoms with van der Waals surface area (Å²) in [5, 5.41) is 0.623. The standard InChI is InChI=1S/C21H23ClN2O3/c1-14(2)18-10-4-15(3)12-19(18)27-13-21(26)24-23-20(25)11-7-16-5-8-17(22)9-6-16/h4-12,14H,13H2,1-3H3,(H,23,25)(H,24,26)/b11-7+. The first-order valence-corrected chi connectivity index (χ1v) is 8.99. The predicted molar refractivity (Wildman–Crippen MR) is 108 cm³/mol. The number of nitrogens with one attached hydrogen (secondary N) is 2. The van der Waals surface area contributed by atoms with Gasteiger partial charge in [-0.1, -0.05) is 49.7 Å². The van der Waals surface area contributed by atoms with Crippen molar-refractivity contribution in [2.24, 2.45) is 0 Å². The van der Waals surface area contributed by atoms with Crippen molar-refractivity contribution in [3.8, 4) is 5.75 Å². The molecule has 0 atom stereocenters. The van der Waals surface area contributed by atoms with E-state index in [1.807, 2.05) is 25.1 Å². The molecule has 2 aromatic carbocycles. The van der Waals surface area contributed by atoms with E-state index in [1.165, 1.54) is 6.08 Å². The number of carbonyl (C=O) groups excluding carboxylic acids is 2. The predicted octanol–water partition coefficient (Wildman–Crippen LogP) is 4.01. The maximum absolute atomic E-state index is 11.9. The zero-order valence-corrected chi connectivity index (χ0v) is 16.3. The van der Waals surface area contributed by atoms with E-state index in [4.69, 9.17) is 16.3 Å². The second kappa shape index (κ2) is 9.78. The fourth-order valence-corrected chi connectivity index (χ4v) is 2.47. The van der Waals surface area contributed by atoms with Crippen molar-refractivity contribution in [1.29, 1.82) is 0 Å². The van der Waals surface area contributed by atoms with Gasteiger partial charge >= 0.3 is 0 Å². The summed E-state index contributed by atoms with van der Waals surface area (Å²) in [6.45, 7) is 5.89. The minimum Gasteiger partial charge on any atom is -0.483 e. The highest BCUT2D eigenvalue weighted by molar-refractivity contribution is 6.30. The van der Waals surface area contributed by atoms with Gasteiger partial charge in [0.2, 0.25) is 0 Å². The number of aryl methyl sites for hydroxylation is 1. The average molecular weight is 387 g/mol. The number of ether oxygens (including phenoxy) is 1. The van der Waals surface area contributed by atoms with E-state index in [0.29, 0.717) is 10.8 Å². The third-order valence-corrected chi connectivity index (χ3v) is 4.02. The van der Waals surface area contributed by atoms with E-state index in [-0.39, 0.29) is 12.5 Å². The lowest BCUT2D eigenvalue weighted by Gasteiger charge is -2.14. The number of rotatable bonds is 6. The Bertz CT molecular complexity index is 830. The molecule has 0 aliphatic heterocycles. The van der Waals surface area contributed by atoms with Crippen molar-refractivity contribution < 1.29 is 14.3 Å². The largest absolute Gasteiger partial charge is 0.483 e. The van der Waals surface area contributed by atoms with Crippen molar-refractivity contribution in [2.75, 3.05) is 6.61 Å². The molecule has 142 valence electrons. The van der Waals surface area contributed by atoms with Gasteiger partial charge in [-0.25, -0.2) is 0 Å². The molecule has 2 aromatic rings. The van der Waals surface area contributed by atoms with Crippen molar-refractivity contribution in [3.05, 3.63) is 70.3 Å². The van der Waals surface area contributed by atoms with Gasteiger partial charge in [-0.2, -0.15) is 0 Å². The molecule has 2 N–H and O–H groups in total. The van der Waals surface area contributed by atoms with E-state index >= 15 is 0 Å². The van der Waals surface area contributed by atoms with Crippen LogP contribution in [0.5, 0.6) is 5.75 Å². The Morgan fingerprint density at radius 2 is 1.81 bits per heavy atom. The number of carbonyl (C=O) groups is 2. The first-order valence-electron chi connectivity index (χ1n) is 8.61. The van der Waals surface area contributed by atoms with Gasteiger partial charge in [0.1, 0.15) is 5.75 Å². The van der Waals surface area contributed by atoms with Crippen molar-refractivity contribution in [1.82, 2.24) is 10.9 Å². The second-order valence-corrected chi connectivity index (χ2v) is 6.84. The van der Waals surface area contributed by atoms with Gasteiger partial charge in [0.05, 0.1) is 0 Å². The summed E-state index contributed by atoms with van der Waals surface area (Å²) in [5.74, 6) is 0.0617. The highest BCUT2D eigenvalue weighted by Gasteiger charge is 2.10. The fourth-order valence-electron chi connectivity index (χ4n) is 2.34. The number of benzene rings is 2. The molecule has 0 aromatic heterocycles. The van der Waals surface area contributed by atoms with Crippen molar-refractivity contribution in [3.63, 3.8) is 0 Å². The van der Waals surface area contributed by atoms with Crippen LogP contribution in [-0.4, -0.2) is 18.4 Å². The van der Waals surface area contributed by atoms with Gasteiger partial charge in [0, 0.05) is 11.1 Å². The smallest absolute Gasteiger partial charge is 0.276 e. The number of hydrogen-bond donors (Lipinski definition) is 2. The Balaban J connectivity index is 1.81. The van der Waals surface area contributed by atoms with Crippen LogP contribution in [0.25, 0.3) is 6.08 Å². The quantitative estimate of drug-likeness (QED) is 0.582. The molecule has 27 heavy (non-hydrogen) atoms. The zero-order chi connectivity index (χ0) is 19.8. The lowest BCUT2D eigenvalue weighted by Crippen LogP contribution is -2.43. The van der Waals surface area contributed by atoms with Gasteiger partial charge in [-0.3, -0.25) is 20.4 Å². The van der Waals surface area contributed by atoms with Crippen LogP contribution < -0.4 is 15.6 Å². The van der Waals surface area contributed by atoms with Crippen LogP contribution in [-0.2, 0) is 9.59 Å². The maximum atomic E-state index is 11.9. The van der Waals surface area contributed by atoms with E-state index in [2.05, 4.69) is 24.7 Å². The molecule has 0 radical (unpaired) electrons.